The molecule has 26 heavy (non-hydrogen) atoms. The molecule has 0 aliphatic rings. The van der Waals surface area contributed by atoms with Crippen LogP contribution in [0.5, 0.6) is 5.75 Å². The van der Waals surface area contributed by atoms with Crippen LogP contribution in [0.4, 0.5) is 0 Å². The molecule has 3 nitrogen and oxygen atoms in total. The van der Waals surface area contributed by atoms with Crippen LogP contribution in [0.3, 0.4) is 0 Å². The molecule has 0 spiro atoms. The first-order valence-electron chi connectivity index (χ1n) is 8.98. The van der Waals surface area contributed by atoms with E-state index in [0.717, 1.165) is 17.7 Å². The van der Waals surface area contributed by atoms with E-state index in [2.05, 4.69) is 69.1 Å². The van der Waals surface area contributed by atoms with Gasteiger partial charge in [0.2, 0.25) is 0 Å². The van der Waals surface area contributed by atoms with Crippen LogP contribution in [-0.2, 0) is 9.89 Å². The monoisotopic (exact) mass is 371 g/mol. The van der Waals surface area contributed by atoms with Crippen molar-refractivity contribution in [1.82, 2.24) is 0 Å². The number of methoxy groups -OCH3 is 1. The summed E-state index contributed by atoms with van der Waals surface area (Å²) < 4.78 is 11.1. The highest BCUT2D eigenvalue weighted by molar-refractivity contribution is 7.48. The molecule has 0 aromatic heterocycles. The van der Waals surface area contributed by atoms with Gasteiger partial charge in [-0.15, -0.1) is 0 Å². The van der Waals surface area contributed by atoms with Crippen molar-refractivity contribution in [3.8, 4) is 5.75 Å². The third kappa shape index (κ3) is 4.72. The van der Waals surface area contributed by atoms with Gasteiger partial charge in [0, 0.05) is 31.1 Å². The van der Waals surface area contributed by atoms with Gasteiger partial charge in [0.15, 0.2) is 6.79 Å². The van der Waals surface area contributed by atoms with E-state index in [4.69, 9.17) is 9.47 Å². The molecular formula is C22H30NO2P. The van der Waals surface area contributed by atoms with Crippen molar-refractivity contribution in [3.05, 3.63) is 58.7 Å². The highest BCUT2D eigenvalue weighted by atomic mass is 31.1. The summed E-state index contributed by atoms with van der Waals surface area (Å²) in [5.41, 5.74) is 4.85. The second-order valence-electron chi connectivity index (χ2n) is 6.79. The van der Waals surface area contributed by atoms with E-state index in [0.29, 0.717) is 8.58 Å². The van der Waals surface area contributed by atoms with Crippen LogP contribution >= 0.6 is 8.58 Å². The third-order valence-electron chi connectivity index (χ3n) is 4.72. The predicted molar refractivity (Wildman–Crippen MR) is 114 cm³/mol. The maximum Gasteiger partial charge on any atom is 0.188 e. The van der Waals surface area contributed by atoms with E-state index >= 15 is 0 Å². The lowest BCUT2D eigenvalue weighted by Crippen LogP contribution is -2.22. The Hall–Kier alpha value is -1.70. The number of nitrogens with zero attached hydrogens (tertiary/aromatic N) is 1. The van der Waals surface area contributed by atoms with Crippen molar-refractivity contribution in [2.24, 2.45) is 4.99 Å². The number of aliphatic imine (C=N–C) groups is 1. The fraction of sp³-hybridized carbons (Fsp3) is 0.409. The first kappa shape index (κ1) is 20.6. The second-order valence-corrected chi connectivity index (χ2v) is 8.68. The van der Waals surface area contributed by atoms with E-state index in [1.54, 1.807) is 7.11 Å². The third-order valence-corrected chi connectivity index (χ3v) is 6.62. The van der Waals surface area contributed by atoms with E-state index < -0.39 is 0 Å². The van der Waals surface area contributed by atoms with Crippen LogP contribution in [-0.4, -0.2) is 27.2 Å². The minimum Gasteiger partial charge on any atom is -0.467 e. The Kier molecular flexibility index (Phi) is 7.37. The summed E-state index contributed by atoms with van der Waals surface area (Å²) in [7, 11) is 4.10. The van der Waals surface area contributed by atoms with Gasteiger partial charge in [-0.1, -0.05) is 58.3 Å². The van der Waals surface area contributed by atoms with Gasteiger partial charge in [0.1, 0.15) is 5.75 Å². The van der Waals surface area contributed by atoms with Gasteiger partial charge in [-0.2, -0.15) is 0 Å². The molecule has 0 fully saturated rings. The summed E-state index contributed by atoms with van der Waals surface area (Å²) in [5, 5.41) is 1.32. The molecule has 0 aliphatic heterocycles. The molecule has 0 saturated carbocycles. The van der Waals surface area contributed by atoms with Gasteiger partial charge in [-0.25, -0.2) is 0 Å². The Labute approximate surface area is 159 Å². The number of benzene rings is 2. The van der Waals surface area contributed by atoms with Crippen molar-refractivity contribution in [3.63, 3.8) is 0 Å². The maximum absolute atomic E-state index is 5.96. The summed E-state index contributed by atoms with van der Waals surface area (Å²) >= 11 is 0. The Bertz CT molecular complexity index is 773. The fourth-order valence-electron chi connectivity index (χ4n) is 3.08. The highest BCUT2D eigenvalue weighted by Gasteiger charge is 2.30. The Morgan fingerprint density at radius 3 is 2.62 bits per heavy atom. The summed E-state index contributed by atoms with van der Waals surface area (Å²) in [6.45, 7) is 9.05. The predicted octanol–water partition coefficient (Wildman–Crippen LogP) is 4.96. The van der Waals surface area contributed by atoms with Crippen LogP contribution in [0.15, 0.2) is 41.4 Å². The molecule has 2 rings (SSSR count). The highest BCUT2D eigenvalue weighted by Crippen LogP contribution is 2.48. The van der Waals surface area contributed by atoms with Gasteiger partial charge in [-0.3, -0.25) is 4.99 Å². The maximum atomic E-state index is 5.96. The van der Waals surface area contributed by atoms with Crippen molar-refractivity contribution in [2.75, 3.05) is 21.0 Å². The van der Waals surface area contributed by atoms with Crippen LogP contribution in [0.1, 0.15) is 42.5 Å². The number of ether oxygens (including phenoxy) is 2. The molecule has 0 N–H and O–H groups in total. The van der Waals surface area contributed by atoms with Gasteiger partial charge in [-0.05, 0) is 42.8 Å². The molecule has 0 heterocycles. The van der Waals surface area contributed by atoms with E-state index in [-0.39, 0.29) is 11.9 Å². The van der Waals surface area contributed by atoms with Crippen molar-refractivity contribution >= 4 is 20.1 Å². The molecule has 0 amide bonds. The average Bonchev–Trinajstić information content (AvgIpc) is 2.63. The standard InChI is InChI=1S/C22H30NO2P/c1-7-22(4,19-10-8-9-17(3)21(19)25-15-24-6)26-20-12-11-16(2)13-18(20)14-23-5/h8-14,26H,7,15H2,1-6H3/b23-14+. The lowest BCUT2D eigenvalue weighted by Gasteiger charge is -2.32. The lowest BCUT2D eigenvalue weighted by atomic mass is 9.94. The molecular weight excluding hydrogens is 341 g/mol. The molecule has 0 saturated heterocycles. The molecule has 0 aliphatic carbocycles. The minimum absolute atomic E-state index is 0.0132. The van der Waals surface area contributed by atoms with Gasteiger partial charge in [0.25, 0.3) is 0 Å². The fourth-order valence-corrected chi connectivity index (χ4v) is 4.63. The lowest BCUT2D eigenvalue weighted by molar-refractivity contribution is 0.0495. The quantitative estimate of drug-likeness (QED) is 0.373. The smallest absolute Gasteiger partial charge is 0.188 e. The summed E-state index contributed by atoms with van der Waals surface area (Å²) in [4.78, 5) is 4.25. The number of hydrogen-bond acceptors (Lipinski definition) is 3. The van der Waals surface area contributed by atoms with E-state index in [1.807, 2.05) is 13.3 Å². The first-order valence-corrected chi connectivity index (χ1v) is 9.98. The van der Waals surface area contributed by atoms with Crippen molar-refractivity contribution in [2.45, 2.75) is 39.3 Å². The van der Waals surface area contributed by atoms with Gasteiger partial charge in [0.05, 0.1) is 0 Å². The number of hydrogen-bond donors (Lipinski definition) is 0. The zero-order valence-electron chi connectivity index (χ0n) is 16.7. The van der Waals surface area contributed by atoms with Crippen molar-refractivity contribution in [1.29, 1.82) is 0 Å². The number of aryl methyl sites for hydroxylation is 2. The number of rotatable bonds is 8. The summed E-state index contributed by atoms with van der Waals surface area (Å²) in [6, 6.07) is 13.0. The zero-order valence-corrected chi connectivity index (χ0v) is 17.7. The second kappa shape index (κ2) is 9.30. The van der Waals surface area contributed by atoms with Crippen LogP contribution in [0.2, 0.25) is 0 Å². The van der Waals surface area contributed by atoms with Crippen LogP contribution < -0.4 is 10.0 Å². The van der Waals surface area contributed by atoms with Gasteiger partial charge >= 0.3 is 0 Å². The normalized spacial score (nSPS) is 14.2. The molecule has 4 heteroatoms. The topological polar surface area (TPSA) is 30.8 Å². The first-order chi connectivity index (χ1) is 12.4. The van der Waals surface area contributed by atoms with E-state index in [9.17, 15) is 0 Å². The molecule has 2 atom stereocenters. The SMILES string of the molecule is CCC(C)(Pc1ccc(C)cc1/C=N/C)c1cccc(C)c1OCOC. The molecule has 2 unspecified atom stereocenters. The minimum atomic E-state index is -0.0132. The van der Waals surface area contributed by atoms with Crippen LogP contribution in [0, 0.1) is 13.8 Å². The number of para-hydroxylation sites is 1. The van der Waals surface area contributed by atoms with Crippen LogP contribution in [0.25, 0.3) is 0 Å². The Morgan fingerprint density at radius 1 is 1.19 bits per heavy atom. The molecule has 2 aromatic carbocycles. The Balaban J connectivity index is 2.49. The van der Waals surface area contributed by atoms with Gasteiger partial charge < -0.3 is 9.47 Å². The summed E-state index contributed by atoms with van der Waals surface area (Å²) in [6.07, 6.45) is 2.98. The van der Waals surface area contributed by atoms with E-state index in [1.165, 1.54) is 22.0 Å². The Morgan fingerprint density at radius 2 is 1.96 bits per heavy atom. The molecule has 2 aromatic rings. The summed E-state index contributed by atoms with van der Waals surface area (Å²) in [5.74, 6) is 0.948. The molecule has 0 radical (unpaired) electrons. The largest absolute Gasteiger partial charge is 0.467 e. The zero-order chi connectivity index (χ0) is 19.2. The molecule has 140 valence electrons. The average molecular weight is 371 g/mol. The molecule has 0 bridgehead atoms. The van der Waals surface area contributed by atoms with Crippen molar-refractivity contribution < 1.29 is 9.47 Å².